The van der Waals surface area contributed by atoms with Gasteiger partial charge in [0.15, 0.2) is 11.6 Å². The highest BCUT2D eigenvalue weighted by Crippen LogP contribution is 2.48. The van der Waals surface area contributed by atoms with Crippen molar-refractivity contribution in [3.8, 4) is 0 Å². The predicted octanol–water partition coefficient (Wildman–Crippen LogP) is 2.92. The number of sulfonamides is 1. The molecule has 0 N–H and O–H groups in total. The summed E-state index contributed by atoms with van der Waals surface area (Å²) in [5.74, 6) is -8.95. The summed E-state index contributed by atoms with van der Waals surface area (Å²) in [4.78, 5) is 27.0. The molecule has 14 heteroatoms. The first-order valence-corrected chi connectivity index (χ1v) is 14.7. The average Bonchev–Trinajstić information content (AvgIpc) is 3.47. The molecule has 0 radical (unpaired) electrons. The van der Waals surface area contributed by atoms with Gasteiger partial charge in [-0.1, -0.05) is 36.4 Å². The maximum absolute atomic E-state index is 16.3. The number of aromatic nitrogens is 1. The third-order valence-electron chi connectivity index (χ3n) is 6.39. The van der Waals surface area contributed by atoms with Gasteiger partial charge in [-0.05, 0) is 24.3 Å². The minimum atomic E-state index is -4.38. The fourth-order valence-electron chi connectivity index (χ4n) is 4.35. The number of nitrogens with zero attached hydrogens (tertiary/aromatic N) is 3. The van der Waals surface area contributed by atoms with Gasteiger partial charge < -0.3 is 19.6 Å². The van der Waals surface area contributed by atoms with Crippen molar-refractivity contribution in [3.63, 3.8) is 0 Å². The largest absolute Gasteiger partial charge is 0.618 e. The van der Waals surface area contributed by atoms with E-state index < -0.39 is 44.7 Å². The van der Waals surface area contributed by atoms with E-state index in [2.05, 4.69) is 0 Å². The smallest absolute Gasteiger partial charge is 0.399 e. The van der Waals surface area contributed by atoms with Crippen molar-refractivity contribution in [2.75, 3.05) is 33.5 Å². The van der Waals surface area contributed by atoms with Crippen LogP contribution >= 0.6 is 11.8 Å². The lowest BCUT2D eigenvalue weighted by molar-refractivity contribution is -0.630. The van der Waals surface area contributed by atoms with E-state index >= 15 is 8.78 Å². The van der Waals surface area contributed by atoms with E-state index in [-0.39, 0.29) is 33.1 Å². The lowest BCUT2D eigenvalue weighted by atomic mass is 9.95. The van der Waals surface area contributed by atoms with Gasteiger partial charge >= 0.3 is 17.7 Å². The van der Waals surface area contributed by atoms with E-state index in [1.165, 1.54) is 79.7 Å². The normalized spacial score (nSPS) is 17.5. The monoisotopic (exact) mass is 607 g/mol. The van der Waals surface area contributed by atoms with E-state index in [0.29, 0.717) is 0 Å². The van der Waals surface area contributed by atoms with E-state index in [1.807, 2.05) is 0 Å². The second-order valence-corrected chi connectivity index (χ2v) is 12.2. The summed E-state index contributed by atoms with van der Waals surface area (Å²) >= 11 is 0.881. The molecule has 1 aromatic heterocycles. The molecule has 1 fully saturated rings. The summed E-state index contributed by atoms with van der Waals surface area (Å²) in [6.45, 7) is -0.125. The van der Waals surface area contributed by atoms with Crippen LogP contribution in [-0.4, -0.2) is 68.4 Å². The van der Waals surface area contributed by atoms with Gasteiger partial charge in [0.1, 0.15) is 0 Å². The van der Waals surface area contributed by atoms with Crippen molar-refractivity contribution in [2.45, 2.75) is 22.0 Å². The van der Waals surface area contributed by atoms with E-state index in [4.69, 9.17) is 9.47 Å². The molecular weight excluding hydrogens is 580 g/mol. The molecule has 2 aromatic carbocycles. The zero-order valence-corrected chi connectivity index (χ0v) is 23.9. The first-order chi connectivity index (χ1) is 19.4. The minimum Gasteiger partial charge on any atom is -0.618 e. The fraction of sp³-hybridized carbons (Fsp3) is 0.296. The van der Waals surface area contributed by atoms with E-state index in [0.717, 1.165) is 35.4 Å². The number of hydrogen-bond donors (Lipinski definition) is 0. The van der Waals surface area contributed by atoms with Crippen LogP contribution in [0.1, 0.15) is 21.6 Å². The lowest BCUT2D eigenvalue weighted by Crippen LogP contribution is -2.55. The Labute approximate surface area is 240 Å². The molecule has 3 aromatic rings. The van der Waals surface area contributed by atoms with Crippen molar-refractivity contribution < 1.29 is 41.0 Å². The quantitative estimate of drug-likeness (QED) is 0.158. The molecule has 0 saturated carbocycles. The number of esters is 1. The number of halogens is 2. The van der Waals surface area contributed by atoms with Crippen LogP contribution in [-0.2, 0) is 36.0 Å². The van der Waals surface area contributed by atoms with Gasteiger partial charge in [0.2, 0.25) is 10.0 Å². The summed E-state index contributed by atoms with van der Waals surface area (Å²) in [6.07, 6.45) is 0.868. The maximum atomic E-state index is 16.3. The number of thioether (sulfide) groups is 1. The first kappa shape index (κ1) is 30.4. The fourth-order valence-corrected chi connectivity index (χ4v) is 7.44. The highest BCUT2D eigenvalue weighted by Gasteiger charge is 2.65. The zero-order valence-electron chi connectivity index (χ0n) is 22.3. The molecule has 1 unspecified atom stereocenters. The molecule has 2 atom stereocenters. The summed E-state index contributed by atoms with van der Waals surface area (Å²) < 4.78 is 71.2. The van der Waals surface area contributed by atoms with Crippen LogP contribution in [0.15, 0.2) is 83.9 Å². The Kier molecular flexibility index (Phi) is 8.68. The van der Waals surface area contributed by atoms with Crippen molar-refractivity contribution in [2.24, 2.45) is 0 Å². The van der Waals surface area contributed by atoms with Gasteiger partial charge in [-0.2, -0.15) is 17.8 Å². The molecule has 41 heavy (non-hydrogen) atoms. The van der Waals surface area contributed by atoms with Crippen LogP contribution in [0.4, 0.5) is 8.78 Å². The van der Waals surface area contributed by atoms with Crippen LogP contribution in [0, 0.1) is 5.21 Å². The number of carbonyl (C=O) groups excluding carboxylic acids is 2. The van der Waals surface area contributed by atoms with E-state index in [9.17, 15) is 23.2 Å². The predicted molar refractivity (Wildman–Crippen MR) is 145 cm³/mol. The molecule has 0 bridgehead atoms. The van der Waals surface area contributed by atoms with Gasteiger partial charge in [-0.15, -0.1) is 11.8 Å². The standard InChI is InChI=1S/C27H27F2N3O7S2/c1-30(2)23(33)19-10-9-13-21(18-19)41(36,37)32-16-17-40-24(32)25(34)39-27(38-3,20-11-5-4-6-12-20)26(28,29)22-14-7-8-15-31(22)35/h4-15,18,24H,16-17H2,1-3H3/t24-,27?/m0/s1. The second kappa shape index (κ2) is 11.7. The minimum absolute atomic E-state index is 0.0619. The summed E-state index contributed by atoms with van der Waals surface area (Å²) in [5.41, 5.74) is -1.22. The van der Waals surface area contributed by atoms with Crippen LogP contribution in [0.25, 0.3) is 0 Å². The molecule has 0 aliphatic carbocycles. The van der Waals surface area contributed by atoms with Crippen LogP contribution < -0.4 is 4.73 Å². The number of ether oxygens (including phenoxy) is 2. The van der Waals surface area contributed by atoms with Gasteiger partial charge in [0, 0.05) is 56.8 Å². The highest BCUT2D eigenvalue weighted by molar-refractivity contribution is 8.02. The Hall–Kier alpha value is -3.59. The number of pyridine rings is 1. The number of amides is 1. The molecule has 4 rings (SSSR count). The Bertz CT molecular complexity index is 1540. The first-order valence-electron chi connectivity index (χ1n) is 12.2. The second-order valence-electron chi connectivity index (χ2n) is 9.16. The number of alkyl halides is 2. The van der Waals surface area contributed by atoms with Gasteiger partial charge in [0.25, 0.3) is 11.6 Å². The molecule has 1 aliphatic rings. The SMILES string of the molecule is COC(OC(=O)[C@@H]1SCCN1S(=O)(=O)c1cccc(C(=O)N(C)C)c1)(c1ccccc1)C(F)(F)c1cccc[n+]1[O-]. The number of carbonyl (C=O) groups is 2. The summed E-state index contributed by atoms with van der Waals surface area (Å²) in [7, 11) is -0.449. The third kappa shape index (κ3) is 5.52. The Morgan fingerprint density at radius 3 is 2.39 bits per heavy atom. The Morgan fingerprint density at radius 2 is 1.76 bits per heavy atom. The van der Waals surface area contributed by atoms with Gasteiger partial charge in [0.05, 0.1) is 4.90 Å². The zero-order chi connectivity index (χ0) is 30.0. The van der Waals surface area contributed by atoms with E-state index in [1.54, 1.807) is 6.07 Å². The van der Waals surface area contributed by atoms with Crippen molar-refractivity contribution >= 4 is 33.7 Å². The molecule has 1 aliphatic heterocycles. The van der Waals surface area contributed by atoms with Crippen molar-refractivity contribution in [1.29, 1.82) is 0 Å². The molecule has 0 spiro atoms. The molecular formula is C27H27F2N3O7S2. The highest BCUT2D eigenvalue weighted by atomic mass is 32.2. The lowest BCUT2D eigenvalue weighted by Gasteiger charge is -2.38. The number of benzene rings is 2. The number of hydrogen-bond acceptors (Lipinski definition) is 8. The third-order valence-corrected chi connectivity index (χ3v) is 9.56. The number of methoxy groups -OCH3 is 1. The van der Waals surface area contributed by atoms with Crippen molar-refractivity contribution in [1.82, 2.24) is 9.21 Å². The molecule has 218 valence electrons. The van der Waals surface area contributed by atoms with Crippen LogP contribution in [0.3, 0.4) is 0 Å². The molecule has 1 amide bonds. The van der Waals surface area contributed by atoms with Crippen LogP contribution in [0.5, 0.6) is 0 Å². The van der Waals surface area contributed by atoms with Gasteiger partial charge in [-0.25, -0.2) is 13.2 Å². The molecule has 1 saturated heterocycles. The van der Waals surface area contributed by atoms with Crippen LogP contribution in [0.2, 0.25) is 0 Å². The topological polar surface area (TPSA) is 120 Å². The Morgan fingerprint density at radius 1 is 1.07 bits per heavy atom. The molecule has 10 nitrogen and oxygen atoms in total. The average molecular weight is 608 g/mol. The maximum Gasteiger partial charge on any atom is 0.399 e. The molecule has 2 heterocycles. The number of rotatable bonds is 9. The summed E-state index contributed by atoms with van der Waals surface area (Å²) in [5, 5.41) is 10.8. The summed E-state index contributed by atoms with van der Waals surface area (Å²) in [6, 6.07) is 15.5. The van der Waals surface area contributed by atoms with Crippen molar-refractivity contribution in [3.05, 3.63) is 101 Å². The van der Waals surface area contributed by atoms with Gasteiger partial charge in [-0.3, -0.25) is 4.79 Å². The Balaban J connectivity index is 1.74.